The molecule has 2 rings (SSSR count). The molecule has 1 atom stereocenters. The number of nitrogens with zero attached hydrogens (tertiary/aromatic N) is 1. The lowest BCUT2D eigenvalue weighted by molar-refractivity contribution is -0.124. The second kappa shape index (κ2) is 6.15. The van der Waals surface area contributed by atoms with Gasteiger partial charge in [-0.05, 0) is 64.5 Å². The van der Waals surface area contributed by atoms with Gasteiger partial charge in [0.15, 0.2) is 0 Å². The van der Waals surface area contributed by atoms with Crippen molar-refractivity contribution in [2.75, 3.05) is 20.6 Å². The van der Waals surface area contributed by atoms with Crippen LogP contribution in [0.15, 0.2) is 24.3 Å². The van der Waals surface area contributed by atoms with Crippen LogP contribution in [0.5, 0.6) is 0 Å². The largest absolute Gasteiger partial charge is 0.353 e. The molecule has 1 fully saturated rings. The molecule has 1 aromatic carbocycles. The summed E-state index contributed by atoms with van der Waals surface area (Å²) < 4.78 is 0. The molecule has 1 aromatic rings. The number of benzene rings is 1. The van der Waals surface area contributed by atoms with Gasteiger partial charge in [-0.25, -0.2) is 0 Å². The van der Waals surface area contributed by atoms with Gasteiger partial charge in [0, 0.05) is 11.1 Å². The first-order valence-electron chi connectivity index (χ1n) is 7.16. The summed E-state index contributed by atoms with van der Waals surface area (Å²) in [7, 11) is 4.09. The van der Waals surface area contributed by atoms with E-state index >= 15 is 0 Å². The maximum Gasteiger partial charge on any atom is 0.230 e. The minimum atomic E-state index is -0.336. The Labute approximate surface area is 126 Å². The van der Waals surface area contributed by atoms with E-state index in [-0.39, 0.29) is 17.4 Å². The average molecular weight is 295 g/mol. The van der Waals surface area contributed by atoms with Crippen LogP contribution in [-0.2, 0) is 10.2 Å². The van der Waals surface area contributed by atoms with Crippen molar-refractivity contribution < 1.29 is 4.79 Å². The zero-order valence-corrected chi connectivity index (χ0v) is 13.2. The van der Waals surface area contributed by atoms with Gasteiger partial charge in [0.25, 0.3) is 0 Å². The van der Waals surface area contributed by atoms with Gasteiger partial charge in [0.1, 0.15) is 0 Å². The number of carbonyl (C=O) groups excluding carboxylic acids is 1. The highest BCUT2D eigenvalue weighted by molar-refractivity contribution is 6.30. The van der Waals surface area contributed by atoms with E-state index in [0.29, 0.717) is 5.02 Å². The smallest absolute Gasteiger partial charge is 0.230 e. The van der Waals surface area contributed by atoms with Gasteiger partial charge >= 0.3 is 0 Å². The molecule has 1 amide bonds. The third kappa shape index (κ3) is 3.53. The van der Waals surface area contributed by atoms with Crippen LogP contribution < -0.4 is 5.32 Å². The number of halogens is 1. The number of carbonyl (C=O) groups is 1. The van der Waals surface area contributed by atoms with Crippen LogP contribution in [0.3, 0.4) is 0 Å². The van der Waals surface area contributed by atoms with Gasteiger partial charge in [-0.3, -0.25) is 4.79 Å². The Hall–Kier alpha value is -1.06. The van der Waals surface area contributed by atoms with Crippen LogP contribution in [-0.4, -0.2) is 37.5 Å². The van der Waals surface area contributed by atoms with Crippen LogP contribution in [0, 0.1) is 0 Å². The molecular weight excluding hydrogens is 272 g/mol. The number of rotatable bonds is 6. The fourth-order valence-corrected chi connectivity index (χ4v) is 2.63. The second-order valence-electron chi connectivity index (χ2n) is 6.06. The van der Waals surface area contributed by atoms with Gasteiger partial charge < -0.3 is 10.2 Å². The predicted molar refractivity (Wildman–Crippen MR) is 83.1 cm³/mol. The fraction of sp³-hybridized carbons (Fsp3) is 0.562. The third-order valence-electron chi connectivity index (χ3n) is 3.95. The van der Waals surface area contributed by atoms with Crippen molar-refractivity contribution in [3.05, 3.63) is 34.9 Å². The lowest BCUT2D eigenvalue weighted by atomic mass is 9.94. The highest BCUT2D eigenvalue weighted by atomic mass is 35.5. The molecule has 0 bridgehead atoms. The molecule has 1 unspecified atom stereocenters. The minimum Gasteiger partial charge on any atom is -0.353 e. The van der Waals surface area contributed by atoms with Crippen LogP contribution in [0.2, 0.25) is 5.02 Å². The predicted octanol–water partition coefficient (Wildman–Crippen LogP) is 2.83. The summed E-state index contributed by atoms with van der Waals surface area (Å²) >= 11 is 6.04. The van der Waals surface area contributed by atoms with Crippen molar-refractivity contribution in [2.45, 2.75) is 37.6 Å². The summed E-state index contributed by atoms with van der Waals surface area (Å²) in [6, 6.07) is 7.88. The molecule has 0 aliphatic heterocycles. The van der Waals surface area contributed by atoms with Crippen molar-refractivity contribution in [3.63, 3.8) is 0 Å². The SMILES string of the molecule is CC(CCN(C)C)NC(=O)C1(c2cccc(Cl)c2)CC1. The van der Waals surface area contributed by atoms with E-state index in [1.807, 2.05) is 38.4 Å². The van der Waals surface area contributed by atoms with Crippen LogP contribution in [0.1, 0.15) is 31.7 Å². The van der Waals surface area contributed by atoms with E-state index < -0.39 is 0 Å². The van der Waals surface area contributed by atoms with Gasteiger partial charge in [0.2, 0.25) is 5.91 Å². The summed E-state index contributed by atoms with van der Waals surface area (Å²) in [5.41, 5.74) is 0.708. The van der Waals surface area contributed by atoms with E-state index in [1.54, 1.807) is 0 Å². The summed E-state index contributed by atoms with van der Waals surface area (Å²) in [5.74, 6) is 0.144. The molecule has 1 N–H and O–H groups in total. The van der Waals surface area contributed by atoms with Crippen molar-refractivity contribution in [3.8, 4) is 0 Å². The number of hydrogen-bond acceptors (Lipinski definition) is 2. The Kier molecular flexibility index (Phi) is 4.71. The van der Waals surface area contributed by atoms with Gasteiger partial charge in [-0.15, -0.1) is 0 Å². The van der Waals surface area contributed by atoms with E-state index in [1.165, 1.54) is 0 Å². The molecule has 20 heavy (non-hydrogen) atoms. The van der Waals surface area contributed by atoms with E-state index in [2.05, 4.69) is 17.1 Å². The zero-order valence-electron chi connectivity index (χ0n) is 12.4. The maximum absolute atomic E-state index is 12.5. The first-order valence-corrected chi connectivity index (χ1v) is 7.53. The average Bonchev–Trinajstić information content (AvgIpc) is 3.18. The van der Waals surface area contributed by atoms with E-state index in [9.17, 15) is 4.79 Å². The highest BCUT2D eigenvalue weighted by Gasteiger charge is 2.51. The van der Waals surface area contributed by atoms with Crippen molar-refractivity contribution >= 4 is 17.5 Å². The molecule has 0 aromatic heterocycles. The molecule has 0 saturated heterocycles. The van der Waals surface area contributed by atoms with Gasteiger partial charge in [-0.1, -0.05) is 23.7 Å². The third-order valence-corrected chi connectivity index (χ3v) is 4.18. The number of amides is 1. The Morgan fingerprint density at radius 2 is 2.15 bits per heavy atom. The topological polar surface area (TPSA) is 32.3 Å². The molecule has 110 valence electrons. The quantitative estimate of drug-likeness (QED) is 0.875. The van der Waals surface area contributed by atoms with Crippen molar-refractivity contribution in [1.29, 1.82) is 0 Å². The molecule has 1 aliphatic carbocycles. The standard InChI is InChI=1S/C16H23ClN2O/c1-12(7-10-19(2)3)18-15(20)16(8-9-16)13-5-4-6-14(17)11-13/h4-6,11-12H,7-10H2,1-3H3,(H,18,20). The van der Waals surface area contributed by atoms with Crippen LogP contribution >= 0.6 is 11.6 Å². The Balaban J connectivity index is 1.98. The van der Waals surface area contributed by atoms with E-state index in [0.717, 1.165) is 31.4 Å². The zero-order chi connectivity index (χ0) is 14.8. The molecule has 3 nitrogen and oxygen atoms in total. The molecular formula is C16H23ClN2O. The maximum atomic E-state index is 12.5. The molecule has 1 aliphatic rings. The molecule has 1 saturated carbocycles. The minimum absolute atomic E-state index is 0.144. The monoisotopic (exact) mass is 294 g/mol. The van der Waals surface area contributed by atoms with Crippen molar-refractivity contribution in [1.82, 2.24) is 10.2 Å². The lowest BCUT2D eigenvalue weighted by Gasteiger charge is -2.21. The second-order valence-corrected chi connectivity index (χ2v) is 6.50. The van der Waals surface area contributed by atoms with E-state index in [4.69, 9.17) is 11.6 Å². The Morgan fingerprint density at radius 1 is 1.45 bits per heavy atom. The summed E-state index contributed by atoms with van der Waals surface area (Å²) in [6.07, 6.45) is 2.80. The first kappa shape index (κ1) is 15.3. The fourth-order valence-electron chi connectivity index (χ4n) is 2.44. The summed E-state index contributed by atoms with van der Waals surface area (Å²) in [4.78, 5) is 14.7. The highest BCUT2D eigenvalue weighted by Crippen LogP contribution is 2.48. The normalized spacial score (nSPS) is 17.9. The number of nitrogens with one attached hydrogen (secondary N) is 1. The molecule has 4 heteroatoms. The van der Waals surface area contributed by atoms with Crippen LogP contribution in [0.25, 0.3) is 0 Å². The number of hydrogen-bond donors (Lipinski definition) is 1. The molecule has 0 spiro atoms. The van der Waals surface area contributed by atoms with Gasteiger partial charge in [-0.2, -0.15) is 0 Å². The van der Waals surface area contributed by atoms with Gasteiger partial charge in [0.05, 0.1) is 5.41 Å². The van der Waals surface area contributed by atoms with Crippen LogP contribution in [0.4, 0.5) is 0 Å². The Morgan fingerprint density at radius 3 is 2.70 bits per heavy atom. The summed E-state index contributed by atoms with van der Waals surface area (Å²) in [6.45, 7) is 3.04. The van der Waals surface area contributed by atoms with Crippen molar-refractivity contribution in [2.24, 2.45) is 0 Å². The first-order chi connectivity index (χ1) is 9.44. The lowest BCUT2D eigenvalue weighted by Crippen LogP contribution is -2.41. The Bertz CT molecular complexity index is 483. The summed E-state index contributed by atoms with van der Waals surface area (Å²) in [5, 5.41) is 3.84. The molecule has 0 radical (unpaired) electrons. The molecule has 0 heterocycles.